The molecule has 2 spiro atoms. The summed E-state index contributed by atoms with van der Waals surface area (Å²) in [5, 5.41) is 1.98. The molecule has 9 rings (SSSR count). The molecule has 2 saturated carbocycles. The van der Waals surface area contributed by atoms with Crippen LogP contribution in [0.25, 0.3) is 44.5 Å². The molecule has 0 amide bonds. The molecule has 0 radical (unpaired) electrons. The van der Waals surface area contributed by atoms with Crippen molar-refractivity contribution in [3.63, 3.8) is 0 Å². The topological polar surface area (TPSA) is 29.9 Å². The Bertz CT molecular complexity index is 2230. The van der Waals surface area contributed by atoms with Crippen LogP contribution in [0.15, 0.2) is 89.6 Å². The molecule has 44 heavy (non-hydrogen) atoms. The van der Waals surface area contributed by atoms with Gasteiger partial charge in [-0.05, 0) is 96.6 Å². The summed E-state index contributed by atoms with van der Waals surface area (Å²) in [6.07, 6.45) is 13.1. The van der Waals surface area contributed by atoms with Crippen molar-refractivity contribution in [2.75, 3.05) is 0 Å². The van der Waals surface area contributed by atoms with Crippen molar-refractivity contribution < 1.29 is 13.1 Å². The summed E-state index contributed by atoms with van der Waals surface area (Å²) in [4.78, 5) is 4.49. The highest BCUT2D eigenvalue weighted by molar-refractivity contribution is 6.08. The van der Waals surface area contributed by atoms with Gasteiger partial charge in [-0.15, -0.1) is 0 Å². The zero-order chi connectivity index (χ0) is 32.1. The van der Waals surface area contributed by atoms with Gasteiger partial charge in [-0.25, -0.2) is 9.55 Å². The summed E-state index contributed by atoms with van der Waals surface area (Å²) < 4.78 is 34.3. The Labute approximate surface area is 263 Å². The number of hydrogen-bond donors (Lipinski definition) is 0. The Kier molecular flexibility index (Phi) is 4.94. The van der Waals surface area contributed by atoms with Crippen molar-refractivity contribution in [3.8, 4) is 22.4 Å². The van der Waals surface area contributed by atoms with Crippen LogP contribution in [-0.2, 0) is 17.9 Å². The number of benzene rings is 3. The summed E-state index contributed by atoms with van der Waals surface area (Å²) in [6.45, 7) is -0.190. The number of nitrogens with zero attached hydrogens (tertiary/aromatic N) is 2. The highest BCUT2D eigenvalue weighted by Crippen LogP contribution is 2.61. The van der Waals surface area contributed by atoms with Crippen molar-refractivity contribution in [1.82, 2.24) is 4.98 Å². The standard InChI is InChI=1S/C41H39N2O/c1-26-14-16-29-30-11-10-22-42-39(30)44-38(29)37(26)36-24-31(27(2)25-43(36)3)28-15-17-34-35(23-28)41(20-8-9-21-41)33-13-5-4-12-32(33)40(34)18-6-7-19-40/h4-5,10-17,22-25H,6-9,18-21H2,1-3H3/q+1/i2D3. The number of hydrogen-bond acceptors (Lipinski definition) is 2. The molecular formula is C41H39N2O+. The van der Waals surface area contributed by atoms with E-state index < -0.39 is 6.85 Å². The van der Waals surface area contributed by atoms with Crippen molar-refractivity contribution in [2.45, 2.75) is 76.0 Å². The summed E-state index contributed by atoms with van der Waals surface area (Å²) in [7, 11) is 1.94. The summed E-state index contributed by atoms with van der Waals surface area (Å²) >= 11 is 0. The van der Waals surface area contributed by atoms with E-state index in [1.54, 1.807) is 11.8 Å². The zero-order valence-corrected chi connectivity index (χ0v) is 25.5. The first-order valence-corrected chi connectivity index (χ1v) is 16.3. The van der Waals surface area contributed by atoms with E-state index in [1.165, 1.54) is 55.2 Å². The van der Waals surface area contributed by atoms with Gasteiger partial charge in [0.1, 0.15) is 7.05 Å². The van der Waals surface area contributed by atoms with Gasteiger partial charge >= 0.3 is 0 Å². The van der Waals surface area contributed by atoms with Gasteiger partial charge in [0.25, 0.3) is 0 Å². The molecule has 3 aromatic carbocycles. The van der Waals surface area contributed by atoms with Crippen molar-refractivity contribution in [2.24, 2.45) is 7.05 Å². The first-order chi connectivity index (χ1) is 22.7. The molecule has 3 heterocycles. The smallest absolute Gasteiger partial charge is 0.227 e. The molecule has 0 aliphatic heterocycles. The van der Waals surface area contributed by atoms with Crippen molar-refractivity contribution >= 4 is 22.1 Å². The van der Waals surface area contributed by atoms with E-state index in [4.69, 9.17) is 8.53 Å². The molecule has 0 N–H and O–H groups in total. The minimum atomic E-state index is -2.28. The highest BCUT2D eigenvalue weighted by atomic mass is 16.3. The largest absolute Gasteiger partial charge is 0.437 e. The molecule has 3 nitrogen and oxygen atoms in total. The third-order valence-corrected chi connectivity index (χ3v) is 11.4. The predicted octanol–water partition coefficient (Wildman–Crippen LogP) is 9.79. The fourth-order valence-electron chi connectivity index (χ4n) is 9.40. The van der Waals surface area contributed by atoms with Crippen molar-refractivity contribution in [1.29, 1.82) is 0 Å². The lowest BCUT2D eigenvalue weighted by Gasteiger charge is -2.47. The van der Waals surface area contributed by atoms with Crippen LogP contribution < -0.4 is 4.57 Å². The van der Waals surface area contributed by atoms with E-state index in [9.17, 15) is 0 Å². The van der Waals surface area contributed by atoms with Crippen LogP contribution in [0, 0.1) is 13.8 Å². The molecule has 6 aromatic rings. The first kappa shape index (κ1) is 23.2. The minimum absolute atomic E-state index is 0.0261. The maximum atomic E-state index is 8.65. The van der Waals surface area contributed by atoms with E-state index in [1.807, 2.05) is 29.9 Å². The Morgan fingerprint density at radius 2 is 1.45 bits per heavy atom. The second kappa shape index (κ2) is 9.38. The maximum absolute atomic E-state index is 8.65. The maximum Gasteiger partial charge on any atom is 0.227 e. The quantitative estimate of drug-likeness (QED) is 0.191. The number of fused-ring (bicyclic) bond motifs is 9. The van der Waals surface area contributed by atoms with E-state index in [2.05, 4.69) is 72.6 Å². The SMILES string of the molecule is [2H]C([2H])([2H])c1c[n+](C)c(-c2c(C)ccc3c2oc2ncccc23)cc1-c1ccc2c(c1)C1(CCCC1)c1ccccc1C21CCCC1. The Morgan fingerprint density at radius 1 is 0.750 bits per heavy atom. The van der Waals surface area contributed by atoms with Gasteiger partial charge in [0.05, 0.1) is 5.56 Å². The summed E-state index contributed by atoms with van der Waals surface area (Å²) in [5.41, 5.74) is 12.4. The average Bonchev–Trinajstić information content (AvgIpc) is 3.84. The summed E-state index contributed by atoms with van der Waals surface area (Å²) in [5.74, 6) is 0. The average molecular weight is 579 g/mol. The van der Waals surface area contributed by atoms with Gasteiger partial charge in [-0.3, -0.25) is 0 Å². The van der Waals surface area contributed by atoms with Gasteiger partial charge in [0.2, 0.25) is 11.4 Å². The van der Waals surface area contributed by atoms with Crippen LogP contribution in [-0.4, -0.2) is 4.98 Å². The molecule has 3 aliphatic carbocycles. The monoisotopic (exact) mass is 578 g/mol. The molecular weight excluding hydrogens is 536 g/mol. The van der Waals surface area contributed by atoms with Crippen LogP contribution in [0.1, 0.15) is 88.9 Å². The Hall–Kier alpha value is -4.24. The number of aromatic nitrogens is 2. The van der Waals surface area contributed by atoms with Crippen LogP contribution in [0.4, 0.5) is 0 Å². The number of aryl methyl sites for hydroxylation is 3. The molecule has 218 valence electrons. The molecule has 3 aliphatic rings. The third-order valence-electron chi connectivity index (χ3n) is 11.4. The lowest BCUT2D eigenvalue weighted by Crippen LogP contribution is -2.40. The van der Waals surface area contributed by atoms with Crippen molar-refractivity contribution in [3.05, 3.63) is 119 Å². The fourth-order valence-corrected chi connectivity index (χ4v) is 9.40. The normalized spacial score (nSPS) is 19.3. The summed E-state index contributed by atoms with van der Waals surface area (Å²) in [6, 6.07) is 26.5. The second-order valence-electron chi connectivity index (χ2n) is 13.6. The van der Waals surface area contributed by atoms with Gasteiger partial charge in [0.15, 0.2) is 11.8 Å². The van der Waals surface area contributed by atoms with Crippen LogP contribution >= 0.6 is 0 Å². The molecule has 0 unspecified atom stereocenters. The second-order valence-corrected chi connectivity index (χ2v) is 13.6. The van der Waals surface area contributed by atoms with Gasteiger partial charge in [0, 0.05) is 43.5 Å². The lowest BCUT2D eigenvalue weighted by molar-refractivity contribution is -0.660. The zero-order valence-electron chi connectivity index (χ0n) is 28.5. The first-order valence-electron chi connectivity index (χ1n) is 17.8. The van der Waals surface area contributed by atoms with Crippen LogP contribution in [0.5, 0.6) is 0 Å². The molecule has 0 saturated heterocycles. The van der Waals surface area contributed by atoms with Crippen LogP contribution in [0.3, 0.4) is 0 Å². The predicted molar refractivity (Wildman–Crippen MR) is 178 cm³/mol. The molecule has 3 heteroatoms. The minimum Gasteiger partial charge on any atom is -0.437 e. The van der Waals surface area contributed by atoms with E-state index in [0.717, 1.165) is 57.1 Å². The Morgan fingerprint density at radius 3 is 2.18 bits per heavy atom. The van der Waals surface area contributed by atoms with Gasteiger partial charge in [-0.2, -0.15) is 0 Å². The van der Waals surface area contributed by atoms with E-state index in [0.29, 0.717) is 11.3 Å². The number of furan rings is 1. The molecule has 2 fully saturated rings. The van der Waals surface area contributed by atoms with Gasteiger partial charge in [-0.1, -0.05) is 74.2 Å². The van der Waals surface area contributed by atoms with E-state index >= 15 is 0 Å². The van der Waals surface area contributed by atoms with Crippen LogP contribution in [0.2, 0.25) is 0 Å². The number of pyridine rings is 2. The molecule has 3 aromatic heterocycles. The highest BCUT2D eigenvalue weighted by Gasteiger charge is 2.52. The number of rotatable bonds is 2. The molecule has 0 atom stereocenters. The van der Waals surface area contributed by atoms with Gasteiger partial charge < -0.3 is 4.42 Å². The third kappa shape index (κ3) is 3.44. The Balaban J connectivity index is 1.31. The molecule has 0 bridgehead atoms. The lowest BCUT2D eigenvalue weighted by atomic mass is 9.56. The fraction of sp³-hybridized carbons (Fsp3) is 0.317. The van der Waals surface area contributed by atoms with E-state index in [-0.39, 0.29) is 10.8 Å².